The molecule has 0 bridgehead atoms. The molecule has 0 saturated heterocycles. The average molecular weight is 258 g/mol. The largest absolute Gasteiger partial charge is 0.396 e. The predicted molar refractivity (Wildman–Crippen MR) is 78.7 cm³/mol. The van der Waals surface area contributed by atoms with E-state index in [9.17, 15) is 0 Å². The first-order chi connectivity index (χ1) is 8.68. The molecule has 0 fully saturated rings. The van der Waals surface area contributed by atoms with Gasteiger partial charge in [0.2, 0.25) is 0 Å². The summed E-state index contributed by atoms with van der Waals surface area (Å²) in [7, 11) is 0. The van der Waals surface area contributed by atoms with E-state index >= 15 is 0 Å². The van der Waals surface area contributed by atoms with E-state index in [1.807, 2.05) is 0 Å². The summed E-state index contributed by atoms with van der Waals surface area (Å²) >= 11 is 0. The Morgan fingerprint density at radius 1 is 0.667 bits per heavy atom. The Morgan fingerprint density at radius 3 is 1.56 bits per heavy atom. The van der Waals surface area contributed by atoms with Crippen molar-refractivity contribution in [1.82, 2.24) is 0 Å². The zero-order valence-corrected chi connectivity index (χ0v) is 12.6. The van der Waals surface area contributed by atoms with Crippen LogP contribution in [0.4, 0.5) is 0 Å². The highest BCUT2D eigenvalue weighted by Gasteiger charge is 2.22. The van der Waals surface area contributed by atoms with Crippen LogP contribution in [0.25, 0.3) is 0 Å². The molecule has 2 N–H and O–H groups in total. The normalized spacial score (nSPS) is 12.0. The second-order valence-electron chi connectivity index (χ2n) is 5.98. The highest BCUT2D eigenvalue weighted by Crippen LogP contribution is 2.32. The average Bonchev–Trinajstić information content (AvgIpc) is 2.33. The molecular formula is C16H34O2. The van der Waals surface area contributed by atoms with E-state index < -0.39 is 0 Å². The summed E-state index contributed by atoms with van der Waals surface area (Å²) < 4.78 is 0. The van der Waals surface area contributed by atoms with Crippen LogP contribution in [0, 0.1) is 5.41 Å². The molecule has 0 atom stereocenters. The van der Waals surface area contributed by atoms with E-state index in [1.165, 1.54) is 51.4 Å². The van der Waals surface area contributed by atoms with Gasteiger partial charge in [0.15, 0.2) is 0 Å². The van der Waals surface area contributed by atoms with Gasteiger partial charge in [-0.2, -0.15) is 0 Å². The molecule has 0 aromatic carbocycles. The van der Waals surface area contributed by atoms with E-state index in [1.54, 1.807) is 0 Å². The first-order valence-electron chi connectivity index (χ1n) is 7.90. The van der Waals surface area contributed by atoms with Crippen molar-refractivity contribution in [3.05, 3.63) is 0 Å². The van der Waals surface area contributed by atoms with Gasteiger partial charge in [0, 0.05) is 13.2 Å². The van der Waals surface area contributed by atoms with Crippen molar-refractivity contribution in [2.24, 2.45) is 5.41 Å². The molecule has 0 unspecified atom stereocenters. The molecule has 18 heavy (non-hydrogen) atoms. The number of unbranched alkanes of at least 4 members (excludes halogenated alkanes) is 7. The summed E-state index contributed by atoms with van der Waals surface area (Å²) in [5, 5.41) is 18.1. The highest BCUT2D eigenvalue weighted by atomic mass is 16.3. The summed E-state index contributed by atoms with van der Waals surface area (Å²) in [5.41, 5.74) is 0.145. The van der Waals surface area contributed by atoms with Crippen molar-refractivity contribution in [3.63, 3.8) is 0 Å². The first kappa shape index (κ1) is 17.9. The topological polar surface area (TPSA) is 40.5 Å². The number of hydrogen-bond donors (Lipinski definition) is 2. The van der Waals surface area contributed by atoms with Crippen LogP contribution in [0.15, 0.2) is 0 Å². The maximum atomic E-state index is 9.07. The third-order valence-corrected chi connectivity index (χ3v) is 4.06. The van der Waals surface area contributed by atoms with Crippen LogP contribution < -0.4 is 0 Å². The fraction of sp³-hybridized carbons (Fsp3) is 1.00. The van der Waals surface area contributed by atoms with Crippen LogP contribution in [0.5, 0.6) is 0 Å². The Morgan fingerprint density at radius 2 is 1.11 bits per heavy atom. The van der Waals surface area contributed by atoms with Crippen LogP contribution in [-0.2, 0) is 0 Å². The van der Waals surface area contributed by atoms with Crippen molar-refractivity contribution in [3.8, 4) is 0 Å². The van der Waals surface area contributed by atoms with Gasteiger partial charge in [0.1, 0.15) is 0 Å². The molecule has 0 rings (SSSR count). The maximum Gasteiger partial charge on any atom is 0.0436 e. The van der Waals surface area contributed by atoms with Crippen LogP contribution in [0.2, 0.25) is 0 Å². The molecule has 110 valence electrons. The van der Waals surface area contributed by atoms with Crippen LogP contribution in [-0.4, -0.2) is 23.4 Å². The molecule has 0 heterocycles. The van der Waals surface area contributed by atoms with Crippen molar-refractivity contribution < 1.29 is 10.2 Å². The van der Waals surface area contributed by atoms with Gasteiger partial charge in [-0.1, -0.05) is 65.2 Å². The van der Waals surface area contributed by atoms with E-state index in [4.69, 9.17) is 10.2 Å². The van der Waals surface area contributed by atoms with Gasteiger partial charge >= 0.3 is 0 Å². The molecule has 2 heteroatoms. The smallest absolute Gasteiger partial charge is 0.0436 e. The molecule has 2 nitrogen and oxygen atoms in total. The molecule has 0 aromatic heterocycles. The Hall–Kier alpha value is -0.0800. The summed E-state index contributed by atoms with van der Waals surface area (Å²) in [6, 6.07) is 0. The minimum absolute atomic E-state index is 0.145. The van der Waals surface area contributed by atoms with Gasteiger partial charge in [0.05, 0.1) is 0 Å². The van der Waals surface area contributed by atoms with Gasteiger partial charge in [-0.25, -0.2) is 0 Å². The second-order valence-corrected chi connectivity index (χ2v) is 5.98. The van der Waals surface area contributed by atoms with E-state index in [0.717, 1.165) is 19.3 Å². The van der Waals surface area contributed by atoms with Crippen LogP contribution in [0.3, 0.4) is 0 Å². The Bertz CT molecular complexity index is 162. The zero-order chi connectivity index (χ0) is 13.7. The zero-order valence-electron chi connectivity index (χ0n) is 12.6. The summed E-state index contributed by atoms with van der Waals surface area (Å²) in [6.45, 7) is 4.94. The van der Waals surface area contributed by atoms with Crippen LogP contribution in [0.1, 0.15) is 84.5 Å². The number of aliphatic hydroxyl groups excluding tert-OH is 2. The van der Waals surface area contributed by atoms with Crippen molar-refractivity contribution >= 4 is 0 Å². The lowest BCUT2D eigenvalue weighted by Gasteiger charge is -2.28. The quantitative estimate of drug-likeness (QED) is 0.484. The third kappa shape index (κ3) is 9.90. The van der Waals surface area contributed by atoms with Crippen LogP contribution >= 0.6 is 0 Å². The summed E-state index contributed by atoms with van der Waals surface area (Å²) in [5.74, 6) is 0. The Balaban J connectivity index is 3.49. The fourth-order valence-corrected chi connectivity index (χ4v) is 2.60. The number of aliphatic hydroxyl groups is 2. The van der Waals surface area contributed by atoms with E-state index in [-0.39, 0.29) is 18.6 Å². The molecule has 0 aliphatic carbocycles. The molecule has 0 radical (unpaired) electrons. The summed E-state index contributed by atoms with van der Waals surface area (Å²) in [4.78, 5) is 0. The van der Waals surface area contributed by atoms with Crippen molar-refractivity contribution in [2.45, 2.75) is 84.5 Å². The lowest BCUT2D eigenvalue weighted by Crippen LogP contribution is -2.19. The van der Waals surface area contributed by atoms with E-state index in [2.05, 4.69) is 13.8 Å². The number of rotatable bonds is 13. The Labute approximate surface area is 114 Å². The molecule has 0 aromatic rings. The minimum atomic E-state index is 0.145. The minimum Gasteiger partial charge on any atom is -0.396 e. The van der Waals surface area contributed by atoms with Gasteiger partial charge in [-0.05, 0) is 24.7 Å². The van der Waals surface area contributed by atoms with E-state index in [0.29, 0.717) is 0 Å². The molecule has 0 aliphatic rings. The second kappa shape index (κ2) is 12.0. The molecule has 0 aliphatic heterocycles. The lowest BCUT2D eigenvalue weighted by atomic mass is 9.79. The predicted octanol–water partition coefficient (Wildman–Crippen LogP) is 4.29. The third-order valence-electron chi connectivity index (χ3n) is 4.06. The molecule has 0 spiro atoms. The standard InChI is InChI=1S/C16H34O2/c1-3-4-5-6-7-8-9-10-11-16(2,12-14-17)13-15-18/h17-18H,3-15H2,1-2H3. The molecule has 0 saturated carbocycles. The summed E-state index contributed by atoms with van der Waals surface area (Å²) in [6.07, 6.45) is 13.5. The SMILES string of the molecule is CCCCCCCCCCC(C)(CCO)CCO. The monoisotopic (exact) mass is 258 g/mol. The number of hydrogen-bond acceptors (Lipinski definition) is 2. The lowest BCUT2D eigenvalue weighted by molar-refractivity contribution is 0.137. The molecular weight excluding hydrogens is 224 g/mol. The van der Waals surface area contributed by atoms with Gasteiger partial charge in [-0.15, -0.1) is 0 Å². The first-order valence-corrected chi connectivity index (χ1v) is 7.90. The maximum absolute atomic E-state index is 9.07. The van der Waals surface area contributed by atoms with Gasteiger partial charge in [0.25, 0.3) is 0 Å². The highest BCUT2D eigenvalue weighted by molar-refractivity contribution is 4.73. The van der Waals surface area contributed by atoms with Gasteiger partial charge < -0.3 is 10.2 Å². The van der Waals surface area contributed by atoms with Crippen molar-refractivity contribution in [1.29, 1.82) is 0 Å². The van der Waals surface area contributed by atoms with Crippen molar-refractivity contribution in [2.75, 3.05) is 13.2 Å². The Kier molecular flexibility index (Phi) is 11.9. The van der Waals surface area contributed by atoms with Gasteiger partial charge in [-0.3, -0.25) is 0 Å². The fourth-order valence-electron chi connectivity index (χ4n) is 2.60. The molecule has 0 amide bonds.